The number of nitrogens with one attached hydrogen (secondary N) is 1. The van der Waals surface area contributed by atoms with Gasteiger partial charge in [-0.3, -0.25) is 9.59 Å². The molecule has 1 N–H and O–H groups in total. The number of fused-ring (bicyclic) bond motifs is 1. The van der Waals surface area contributed by atoms with Gasteiger partial charge < -0.3 is 19.5 Å². The van der Waals surface area contributed by atoms with E-state index in [1.165, 1.54) is 6.42 Å². The Morgan fingerprint density at radius 2 is 1.66 bits per heavy atom. The first-order chi connectivity index (χ1) is 17.0. The number of aromatic nitrogens is 1. The van der Waals surface area contributed by atoms with Crippen LogP contribution in [-0.2, 0) is 17.9 Å². The fourth-order valence-corrected chi connectivity index (χ4v) is 5.47. The van der Waals surface area contributed by atoms with Crippen molar-refractivity contribution in [1.29, 1.82) is 0 Å². The van der Waals surface area contributed by atoms with E-state index in [-0.39, 0.29) is 17.9 Å². The van der Waals surface area contributed by atoms with Crippen molar-refractivity contribution in [3.63, 3.8) is 0 Å². The molecule has 6 nitrogen and oxygen atoms in total. The highest BCUT2D eigenvalue weighted by Crippen LogP contribution is 2.35. The SMILES string of the molecule is COc1ccccc1CN1C(=O)c2ccc(-c3ccccc3)n2C[C@@]1(C)C(=O)NC1CCCCC1. The third kappa shape index (κ3) is 4.33. The molecule has 3 aromatic rings. The zero-order chi connectivity index (χ0) is 24.4. The monoisotopic (exact) mass is 471 g/mol. The molecule has 0 saturated heterocycles. The molecule has 1 aliphatic carbocycles. The number of hydrogen-bond acceptors (Lipinski definition) is 3. The number of benzene rings is 2. The quantitative estimate of drug-likeness (QED) is 0.549. The summed E-state index contributed by atoms with van der Waals surface area (Å²) in [6.45, 7) is 2.58. The van der Waals surface area contributed by atoms with Crippen LogP contribution in [0.2, 0.25) is 0 Å². The first kappa shape index (κ1) is 23.2. The molecular formula is C29H33N3O3. The molecule has 1 saturated carbocycles. The maximum atomic E-state index is 14.0. The van der Waals surface area contributed by atoms with Crippen LogP contribution in [0.4, 0.5) is 0 Å². The van der Waals surface area contributed by atoms with Gasteiger partial charge in [0.05, 0.1) is 20.2 Å². The summed E-state index contributed by atoms with van der Waals surface area (Å²) in [6.07, 6.45) is 5.46. The summed E-state index contributed by atoms with van der Waals surface area (Å²) in [5.41, 5.74) is 2.40. The third-order valence-electron chi connectivity index (χ3n) is 7.53. The minimum absolute atomic E-state index is 0.0917. The van der Waals surface area contributed by atoms with Crippen molar-refractivity contribution >= 4 is 11.8 Å². The molecule has 1 fully saturated rings. The van der Waals surface area contributed by atoms with Gasteiger partial charge >= 0.3 is 0 Å². The number of amides is 2. The van der Waals surface area contributed by atoms with Gasteiger partial charge in [0.1, 0.15) is 17.0 Å². The van der Waals surface area contributed by atoms with Crippen molar-refractivity contribution in [1.82, 2.24) is 14.8 Å². The fourth-order valence-electron chi connectivity index (χ4n) is 5.47. The summed E-state index contributed by atoms with van der Waals surface area (Å²) >= 11 is 0. The van der Waals surface area contributed by atoms with E-state index < -0.39 is 5.54 Å². The van der Waals surface area contributed by atoms with Gasteiger partial charge in [-0.05, 0) is 43.5 Å². The van der Waals surface area contributed by atoms with E-state index in [0.29, 0.717) is 24.5 Å². The second kappa shape index (κ2) is 9.61. The Labute approximate surface area is 206 Å². The number of hydrogen-bond donors (Lipinski definition) is 1. The van der Waals surface area contributed by atoms with Crippen LogP contribution in [0.3, 0.4) is 0 Å². The van der Waals surface area contributed by atoms with E-state index in [1.807, 2.05) is 78.2 Å². The summed E-state index contributed by atoms with van der Waals surface area (Å²) in [7, 11) is 1.63. The summed E-state index contributed by atoms with van der Waals surface area (Å²) in [4.78, 5) is 29.6. The van der Waals surface area contributed by atoms with Gasteiger partial charge in [-0.25, -0.2) is 0 Å². The predicted molar refractivity (Wildman–Crippen MR) is 136 cm³/mol. The summed E-state index contributed by atoms with van der Waals surface area (Å²) in [6, 6.07) is 21.7. The maximum Gasteiger partial charge on any atom is 0.271 e. The molecule has 0 spiro atoms. The van der Waals surface area contributed by atoms with Crippen LogP contribution >= 0.6 is 0 Å². The zero-order valence-electron chi connectivity index (χ0n) is 20.5. The predicted octanol–water partition coefficient (Wildman–Crippen LogP) is 5.03. The Morgan fingerprint density at radius 1 is 0.971 bits per heavy atom. The highest BCUT2D eigenvalue weighted by atomic mass is 16.5. The fraction of sp³-hybridized carbons (Fsp3) is 0.379. The highest BCUT2D eigenvalue weighted by molar-refractivity contribution is 6.00. The molecule has 2 aromatic carbocycles. The zero-order valence-corrected chi connectivity index (χ0v) is 20.5. The molecule has 5 rings (SSSR count). The van der Waals surface area contributed by atoms with Crippen LogP contribution in [0.15, 0.2) is 66.7 Å². The van der Waals surface area contributed by atoms with Crippen LogP contribution in [0.1, 0.15) is 55.1 Å². The Balaban J connectivity index is 1.55. The van der Waals surface area contributed by atoms with E-state index in [4.69, 9.17) is 4.74 Å². The van der Waals surface area contributed by atoms with Gasteiger partial charge in [0.2, 0.25) is 5.91 Å². The summed E-state index contributed by atoms with van der Waals surface area (Å²) in [5, 5.41) is 3.30. The lowest BCUT2D eigenvalue weighted by molar-refractivity contribution is -0.134. The summed E-state index contributed by atoms with van der Waals surface area (Å²) in [5.74, 6) is 0.470. The average Bonchev–Trinajstić information content (AvgIpc) is 3.31. The topological polar surface area (TPSA) is 63.6 Å². The van der Waals surface area contributed by atoms with Crippen LogP contribution in [0, 0.1) is 0 Å². The van der Waals surface area contributed by atoms with Crippen molar-refractivity contribution in [2.24, 2.45) is 0 Å². The summed E-state index contributed by atoms with van der Waals surface area (Å²) < 4.78 is 7.57. The van der Waals surface area contributed by atoms with E-state index >= 15 is 0 Å². The van der Waals surface area contributed by atoms with Crippen LogP contribution in [0.25, 0.3) is 11.3 Å². The van der Waals surface area contributed by atoms with Crippen molar-refractivity contribution in [3.05, 3.63) is 78.0 Å². The number of rotatable bonds is 6. The molecule has 2 heterocycles. The first-order valence-corrected chi connectivity index (χ1v) is 12.5. The Hall–Kier alpha value is -3.54. The number of carbonyl (C=O) groups excluding carboxylic acids is 2. The number of ether oxygens (including phenoxy) is 1. The van der Waals surface area contributed by atoms with Gasteiger partial charge in [0.25, 0.3) is 5.91 Å². The molecule has 1 aliphatic heterocycles. The van der Waals surface area contributed by atoms with E-state index in [9.17, 15) is 9.59 Å². The molecule has 1 atom stereocenters. The van der Waals surface area contributed by atoms with Gasteiger partial charge in [0, 0.05) is 17.3 Å². The lowest BCUT2D eigenvalue weighted by Gasteiger charge is -2.45. The highest BCUT2D eigenvalue weighted by Gasteiger charge is 2.48. The van der Waals surface area contributed by atoms with Crippen molar-refractivity contribution in [2.45, 2.75) is 63.7 Å². The Morgan fingerprint density at radius 3 is 2.40 bits per heavy atom. The molecule has 2 amide bonds. The van der Waals surface area contributed by atoms with Gasteiger partial charge in [-0.1, -0.05) is 67.8 Å². The van der Waals surface area contributed by atoms with Crippen LogP contribution < -0.4 is 10.1 Å². The number of carbonyl (C=O) groups is 2. The van der Waals surface area contributed by atoms with Gasteiger partial charge in [-0.2, -0.15) is 0 Å². The van der Waals surface area contributed by atoms with Crippen LogP contribution in [0.5, 0.6) is 5.75 Å². The second-order valence-corrected chi connectivity index (χ2v) is 9.84. The van der Waals surface area contributed by atoms with Crippen LogP contribution in [-0.4, -0.2) is 40.0 Å². The Kier molecular flexibility index (Phi) is 6.37. The maximum absolute atomic E-state index is 14.0. The minimum atomic E-state index is -1.05. The molecule has 182 valence electrons. The van der Waals surface area contributed by atoms with Gasteiger partial charge in [0.15, 0.2) is 0 Å². The molecule has 1 aromatic heterocycles. The number of nitrogens with zero attached hydrogens (tertiary/aromatic N) is 2. The van der Waals surface area contributed by atoms with E-state index in [2.05, 4.69) is 5.32 Å². The molecule has 6 heteroatoms. The van der Waals surface area contributed by atoms with Crippen molar-refractivity contribution in [2.75, 3.05) is 7.11 Å². The molecule has 0 radical (unpaired) electrons. The lowest BCUT2D eigenvalue weighted by atomic mass is 9.91. The number of para-hydroxylation sites is 1. The third-order valence-corrected chi connectivity index (χ3v) is 7.53. The molecule has 2 aliphatic rings. The normalized spacial score (nSPS) is 20.4. The van der Waals surface area contributed by atoms with E-state index in [0.717, 1.165) is 42.5 Å². The first-order valence-electron chi connectivity index (χ1n) is 12.5. The molecule has 35 heavy (non-hydrogen) atoms. The molecular weight excluding hydrogens is 438 g/mol. The van der Waals surface area contributed by atoms with E-state index in [1.54, 1.807) is 12.0 Å². The smallest absolute Gasteiger partial charge is 0.271 e. The Bertz CT molecular complexity index is 1210. The van der Waals surface area contributed by atoms with Crippen molar-refractivity contribution < 1.29 is 14.3 Å². The molecule has 0 unspecified atom stereocenters. The van der Waals surface area contributed by atoms with Crippen molar-refractivity contribution in [3.8, 4) is 17.0 Å². The standard InChI is InChI=1S/C29H33N3O3/c1-29(28(34)30-23-14-7-4-8-15-23)20-31-24(21-11-5-3-6-12-21)17-18-25(31)27(33)32(29)19-22-13-9-10-16-26(22)35-2/h3,5-6,9-13,16-18,23H,4,7-8,14-15,19-20H2,1-2H3,(H,30,34)/t29-/m0/s1. The minimum Gasteiger partial charge on any atom is -0.496 e. The largest absolute Gasteiger partial charge is 0.496 e. The second-order valence-electron chi connectivity index (χ2n) is 9.84. The molecule has 0 bridgehead atoms. The average molecular weight is 472 g/mol. The number of methoxy groups -OCH3 is 1. The van der Waals surface area contributed by atoms with Gasteiger partial charge in [-0.15, -0.1) is 0 Å². The lowest BCUT2D eigenvalue weighted by Crippen LogP contribution is -2.64.